The van der Waals surface area contributed by atoms with Crippen LogP contribution < -0.4 is 0 Å². The Bertz CT molecular complexity index is 2980. The van der Waals surface area contributed by atoms with Crippen molar-refractivity contribution in [3.8, 4) is 0 Å². The predicted molar refractivity (Wildman–Crippen MR) is 346 cm³/mol. The quantitative estimate of drug-likeness (QED) is 0.154. The average Bonchev–Trinajstić information content (AvgIpc) is 3.12. The zero-order valence-electron chi connectivity index (χ0n) is 47.6. The van der Waals surface area contributed by atoms with Crippen LogP contribution in [0, 0.1) is 23.7 Å². The highest BCUT2D eigenvalue weighted by Gasteiger charge is 2.40. The molecule has 6 saturated heterocycles. The van der Waals surface area contributed by atoms with Crippen LogP contribution in [0.3, 0.4) is 0 Å². The lowest BCUT2D eigenvalue weighted by molar-refractivity contribution is -0.138. The molecular formula is C66H82Br4Cl2N6O6. The molecule has 2 aromatic heterocycles. The van der Waals surface area contributed by atoms with E-state index in [4.69, 9.17) is 42.6 Å². The Morgan fingerprint density at radius 1 is 0.452 bits per heavy atom. The Morgan fingerprint density at radius 2 is 0.810 bits per heavy atom. The molecule has 4 amide bonds. The molecule has 84 heavy (non-hydrogen) atoms. The Morgan fingerprint density at radius 3 is 1.18 bits per heavy atom. The van der Waals surface area contributed by atoms with Crippen LogP contribution in [-0.2, 0) is 54.3 Å². The van der Waals surface area contributed by atoms with E-state index in [2.05, 4.69) is 97.8 Å². The van der Waals surface area contributed by atoms with Crippen molar-refractivity contribution in [3.05, 3.63) is 121 Å². The lowest BCUT2D eigenvalue weighted by atomic mass is 9.76. The van der Waals surface area contributed by atoms with Crippen molar-refractivity contribution in [2.24, 2.45) is 23.7 Å². The van der Waals surface area contributed by atoms with Crippen LogP contribution >= 0.6 is 86.9 Å². The number of likely N-dealkylation sites (tertiary alicyclic amines) is 4. The standard InChI is InChI=1S/C33H40Br2ClN3O3.C32H38Br2ClN3O3.CH4/c34-25-16-24-5-4-23-17-26(36)18-28(35)31(23)32(33(24)37-20-25)22-8-12-39(13-9-22)29(40)15-21-6-10-38(11-7-21)30(41)19-27-3-1-2-14-42-27;33-24-15-23-4-3-22-16-25(35)17-27(34)30(22)31(32(23)36-19-24)21-7-11-38(12-8-21)28(39)14-20-5-9-37(10-6-20)29(40)18-26-2-1-13-41-26;/h16-18,20-22,27,32H,1-15,19H2;15-17,19-21,26,31H,1-14,18H2;1H4/t27?,32-;26?,31-;/m11./s1. The average molecular weight is 1450 g/mol. The minimum atomic E-state index is 0. The van der Waals surface area contributed by atoms with Gasteiger partial charge in [-0.05, 0) is 234 Å². The zero-order chi connectivity index (χ0) is 57.7. The van der Waals surface area contributed by atoms with Crippen molar-refractivity contribution in [2.45, 2.75) is 166 Å². The second-order valence-electron chi connectivity index (χ2n) is 24.8. The number of hydrogen-bond acceptors (Lipinski definition) is 8. The van der Waals surface area contributed by atoms with Crippen LogP contribution in [0.25, 0.3) is 0 Å². The fraction of sp³-hybridized carbons (Fsp3) is 0.606. The molecule has 8 heterocycles. The molecule has 2 aliphatic carbocycles. The number of halogens is 6. The molecule has 12 nitrogen and oxygen atoms in total. The molecule has 0 radical (unpaired) electrons. The largest absolute Gasteiger partial charge is 0.378 e. The second-order valence-corrected chi connectivity index (χ2v) is 29.2. The molecule has 0 N–H and O–H groups in total. The highest BCUT2D eigenvalue weighted by atomic mass is 79.9. The minimum Gasteiger partial charge on any atom is -0.378 e. The maximum absolute atomic E-state index is 13.4. The van der Waals surface area contributed by atoms with Gasteiger partial charge in [0, 0.05) is 131 Å². The SMILES string of the molecule is C.O=C(CC1CCN(C(=O)CC2CCCCO2)CC1)N1CCC([C@H]2c3ncc(Br)cc3CCc3cc(Cl)cc(Br)c32)CC1.O=C(CC1CCN(C(=O)CC2CCCO2)CC1)N1CCC([C@H]2c3ncc(Br)cc3CCc3cc(Cl)cc(Br)c32)CC1. The molecule has 18 heteroatoms. The highest BCUT2D eigenvalue weighted by Crippen LogP contribution is 2.48. The molecule has 4 atom stereocenters. The third-order valence-electron chi connectivity index (χ3n) is 19.5. The Labute approximate surface area is 541 Å². The summed E-state index contributed by atoms with van der Waals surface area (Å²) < 4.78 is 15.6. The number of ether oxygens (including phenoxy) is 2. The molecule has 2 unspecified atom stereocenters. The highest BCUT2D eigenvalue weighted by molar-refractivity contribution is 9.11. The molecule has 6 aliphatic heterocycles. The van der Waals surface area contributed by atoms with Crippen LogP contribution in [-0.4, -0.2) is 131 Å². The number of benzene rings is 2. The third-order valence-corrected chi connectivity index (χ3v) is 22.1. The molecule has 0 bridgehead atoms. The van der Waals surface area contributed by atoms with Crippen molar-refractivity contribution in [3.63, 3.8) is 0 Å². The first-order chi connectivity index (χ1) is 40.2. The van der Waals surface area contributed by atoms with Crippen molar-refractivity contribution in [2.75, 3.05) is 65.6 Å². The normalized spacial score (nSPS) is 23.4. The topological polar surface area (TPSA) is 125 Å². The summed E-state index contributed by atoms with van der Waals surface area (Å²) in [7, 11) is 0. The zero-order valence-corrected chi connectivity index (χ0v) is 55.4. The van der Waals surface area contributed by atoms with E-state index < -0.39 is 0 Å². The number of carbonyl (C=O) groups is 4. The van der Waals surface area contributed by atoms with Crippen molar-refractivity contribution in [1.82, 2.24) is 29.6 Å². The lowest BCUT2D eigenvalue weighted by Crippen LogP contribution is -2.43. The predicted octanol–water partition coefficient (Wildman–Crippen LogP) is 14.9. The smallest absolute Gasteiger partial charge is 0.225 e. The Kier molecular flexibility index (Phi) is 22.5. The van der Waals surface area contributed by atoms with Crippen LogP contribution in [0.1, 0.15) is 173 Å². The molecule has 454 valence electrons. The summed E-state index contributed by atoms with van der Waals surface area (Å²) in [6.07, 6.45) is 22.7. The molecule has 0 spiro atoms. The lowest BCUT2D eigenvalue weighted by Gasteiger charge is -2.38. The van der Waals surface area contributed by atoms with Gasteiger partial charge in [-0.3, -0.25) is 29.1 Å². The monoisotopic (exact) mass is 1440 g/mol. The third kappa shape index (κ3) is 15.5. The molecule has 2 aromatic carbocycles. The number of nitrogens with zero attached hydrogens (tertiary/aromatic N) is 6. The molecule has 8 aliphatic rings. The first kappa shape index (κ1) is 64.0. The first-order valence-electron chi connectivity index (χ1n) is 30.8. The van der Waals surface area contributed by atoms with Crippen LogP contribution in [0.2, 0.25) is 10.0 Å². The summed E-state index contributed by atoms with van der Waals surface area (Å²) in [5, 5.41) is 1.52. The molecule has 6 fully saturated rings. The maximum Gasteiger partial charge on any atom is 0.225 e. The van der Waals surface area contributed by atoms with Crippen molar-refractivity contribution >= 4 is 111 Å². The van der Waals surface area contributed by atoms with E-state index in [1.807, 2.05) is 34.3 Å². The number of hydrogen-bond donors (Lipinski definition) is 0. The Hall–Kier alpha value is -2.96. The van der Waals surface area contributed by atoms with Gasteiger partial charge in [0.2, 0.25) is 23.6 Å². The Balaban J connectivity index is 0.000000185. The van der Waals surface area contributed by atoms with Gasteiger partial charge in [-0.25, -0.2) is 0 Å². The van der Waals surface area contributed by atoms with Crippen LogP contribution in [0.15, 0.2) is 66.7 Å². The van der Waals surface area contributed by atoms with Crippen LogP contribution in [0.5, 0.6) is 0 Å². The number of pyridine rings is 2. The maximum atomic E-state index is 13.4. The van der Waals surface area contributed by atoms with E-state index in [1.165, 1.54) is 44.8 Å². The molecule has 4 aromatic rings. The summed E-state index contributed by atoms with van der Waals surface area (Å²) in [6.45, 7) is 7.72. The number of piperidine rings is 4. The minimum absolute atomic E-state index is 0. The van der Waals surface area contributed by atoms with Gasteiger partial charge in [0.15, 0.2) is 0 Å². The number of amides is 4. The first-order valence-corrected chi connectivity index (χ1v) is 34.7. The van der Waals surface area contributed by atoms with Gasteiger partial charge >= 0.3 is 0 Å². The molecule has 12 rings (SSSR count). The van der Waals surface area contributed by atoms with E-state index in [1.54, 1.807) is 0 Å². The van der Waals surface area contributed by atoms with Gasteiger partial charge in [-0.1, -0.05) is 62.5 Å². The number of carbonyl (C=O) groups excluding carboxylic acids is 4. The summed E-state index contributed by atoms with van der Waals surface area (Å²) >= 11 is 27.9. The van der Waals surface area contributed by atoms with Gasteiger partial charge in [0.05, 0.1) is 36.4 Å². The summed E-state index contributed by atoms with van der Waals surface area (Å²) in [4.78, 5) is 70.3. The van der Waals surface area contributed by atoms with E-state index in [0.29, 0.717) is 49.4 Å². The number of aryl methyl sites for hydroxylation is 4. The van der Waals surface area contributed by atoms with Gasteiger partial charge in [-0.15, -0.1) is 0 Å². The van der Waals surface area contributed by atoms with Gasteiger partial charge in [0.25, 0.3) is 0 Å². The van der Waals surface area contributed by atoms with E-state index in [9.17, 15) is 19.2 Å². The second kappa shape index (κ2) is 29.6. The van der Waals surface area contributed by atoms with Gasteiger partial charge in [0.1, 0.15) is 0 Å². The fourth-order valence-corrected chi connectivity index (χ4v) is 18.0. The number of rotatable bonds is 10. The number of aromatic nitrogens is 2. The number of fused-ring (bicyclic) bond motifs is 4. The molecule has 0 saturated carbocycles. The van der Waals surface area contributed by atoms with E-state index in [0.717, 1.165) is 203 Å². The summed E-state index contributed by atoms with van der Waals surface area (Å²) in [6, 6.07) is 12.7. The van der Waals surface area contributed by atoms with Crippen molar-refractivity contribution < 1.29 is 28.7 Å². The van der Waals surface area contributed by atoms with Gasteiger partial charge < -0.3 is 29.1 Å². The van der Waals surface area contributed by atoms with Crippen molar-refractivity contribution in [1.29, 1.82) is 0 Å². The molecular weight excluding hydrogens is 1360 g/mol. The van der Waals surface area contributed by atoms with E-state index >= 15 is 0 Å². The van der Waals surface area contributed by atoms with Crippen LogP contribution in [0.4, 0.5) is 0 Å². The summed E-state index contributed by atoms with van der Waals surface area (Å²) in [5.41, 5.74) is 10.1. The van der Waals surface area contributed by atoms with E-state index in [-0.39, 0.29) is 55.1 Å². The summed E-state index contributed by atoms with van der Waals surface area (Å²) in [5.74, 6) is 2.83. The van der Waals surface area contributed by atoms with Gasteiger partial charge in [-0.2, -0.15) is 0 Å². The fourth-order valence-electron chi connectivity index (χ4n) is 15.0.